The van der Waals surface area contributed by atoms with E-state index in [4.69, 9.17) is 24.5 Å². The van der Waals surface area contributed by atoms with Crippen molar-refractivity contribution in [1.82, 2.24) is 10.6 Å². The smallest absolute Gasteiger partial charge is 0.252 e. The topological polar surface area (TPSA) is 245 Å². The average molecular weight is 493 g/mol. The molecule has 0 aromatic carbocycles. The third-order valence-corrected chi connectivity index (χ3v) is 5.24. The van der Waals surface area contributed by atoms with Crippen molar-refractivity contribution in [3.05, 3.63) is 10.4 Å². The van der Waals surface area contributed by atoms with Gasteiger partial charge in [0.2, 0.25) is 5.91 Å². The van der Waals surface area contributed by atoms with E-state index in [9.17, 15) is 35.1 Å². The molecule has 2 rings (SSSR count). The van der Waals surface area contributed by atoms with Gasteiger partial charge in [-0.15, -0.1) is 0 Å². The Morgan fingerprint density at radius 3 is 2.53 bits per heavy atom. The largest absolute Gasteiger partial charge is 0.394 e. The lowest BCUT2D eigenvalue weighted by atomic mass is 9.96. The number of aliphatic hydroxyl groups is 5. The summed E-state index contributed by atoms with van der Waals surface area (Å²) in [5.41, 5.74) is 8.18. The van der Waals surface area contributed by atoms with E-state index in [2.05, 4.69) is 20.7 Å². The molecule has 0 radical (unpaired) electrons. The highest BCUT2D eigenvalue weighted by Gasteiger charge is 2.50. The predicted molar refractivity (Wildman–Crippen MR) is 110 cm³/mol. The summed E-state index contributed by atoms with van der Waals surface area (Å²) in [7, 11) is 0. The monoisotopic (exact) mass is 493 g/mol. The summed E-state index contributed by atoms with van der Waals surface area (Å²) in [6.07, 6.45) is -12.5. The number of nitrogens with one attached hydrogen (secondary N) is 2. The Bertz CT molecular complexity index is 724. The molecule has 34 heavy (non-hydrogen) atoms. The molecular formula is C18H31N5O11. The Kier molecular flexibility index (Phi) is 11.3. The maximum Gasteiger partial charge on any atom is 0.252 e. The van der Waals surface area contributed by atoms with Crippen LogP contribution in [0.1, 0.15) is 6.92 Å². The standard InChI is InChI=1S/C18H31N5O11/c1-8(25)22-9-7-32-10(6-24)11(26)15(9)33-18-14(29)12(27)13(28)16(34-18)17(30)20-2-4-31-5-3-21-23-19/h9-16,18,24,26-29H,2-7H2,1H3,(H,20,30)(H,22,25)/t9-,10+,11-,12-,13-,14+,15+,16?,18+/m1/s1. The molecule has 194 valence electrons. The van der Waals surface area contributed by atoms with Crippen LogP contribution in [-0.4, -0.2) is 132 Å². The van der Waals surface area contributed by atoms with Crippen molar-refractivity contribution in [2.24, 2.45) is 5.11 Å². The molecule has 2 aliphatic rings. The maximum absolute atomic E-state index is 12.5. The second-order valence-electron chi connectivity index (χ2n) is 7.71. The van der Waals surface area contributed by atoms with Gasteiger partial charge in [0.1, 0.15) is 36.6 Å². The first kappa shape index (κ1) is 28.1. The number of amides is 2. The van der Waals surface area contributed by atoms with Gasteiger partial charge in [-0.3, -0.25) is 9.59 Å². The van der Waals surface area contributed by atoms with Crippen molar-refractivity contribution in [2.75, 3.05) is 39.5 Å². The van der Waals surface area contributed by atoms with Crippen LogP contribution >= 0.6 is 0 Å². The zero-order chi connectivity index (χ0) is 25.3. The molecule has 2 aliphatic heterocycles. The van der Waals surface area contributed by atoms with Gasteiger partial charge in [0.05, 0.1) is 32.5 Å². The van der Waals surface area contributed by atoms with E-state index in [1.54, 1.807) is 0 Å². The molecule has 2 amide bonds. The normalized spacial score (nSPS) is 35.8. The molecule has 16 nitrogen and oxygen atoms in total. The van der Waals surface area contributed by atoms with Crippen LogP contribution in [0.2, 0.25) is 0 Å². The van der Waals surface area contributed by atoms with Crippen LogP contribution in [-0.2, 0) is 28.5 Å². The van der Waals surface area contributed by atoms with Gasteiger partial charge in [0.15, 0.2) is 12.4 Å². The molecule has 7 N–H and O–H groups in total. The lowest BCUT2D eigenvalue weighted by Gasteiger charge is -2.45. The minimum Gasteiger partial charge on any atom is -0.394 e. The second kappa shape index (κ2) is 13.7. The molecule has 2 fully saturated rings. The van der Waals surface area contributed by atoms with E-state index in [-0.39, 0.29) is 32.9 Å². The third kappa shape index (κ3) is 7.44. The summed E-state index contributed by atoms with van der Waals surface area (Å²) >= 11 is 0. The third-order valence-electron chi connectivity index (χ3n) is 5.24. The van der Waals surface area contributed by atoms with Crippen LogP contribution in [0, 0.1) is 0 Å². The Morgan fingerprint density at radius 2 is 1.88 bits per heavy atom. The van der Waals surface area contributed by atoms with Gasteiger partial charge in [-0.05, 0) is 5.53 Å². The summed E-state index contributed by atoms with van der Waals surface area (Å²) in [5, 5.41) is 58.9. The summed E-state index contributed by atoms with van der Waals surface area (Å²) in [6, 6.07) is -0.898. The lowest BCUT2D eigenvalue weighted by molar-refractivity contribution is -0.319. The van der Waals surface area contributed by atoms with Crippen LogP contribution in [0.25, 0.3) is 10.4 Å². The van der Waals surface area contributed by atoms with E-state index in [1.165, 1.54) is 6.92 Å². The molecular weight excluding hydrogens is 462 g/mol. The highest BCUT2D eigenvalue weighted by molar-refractivity contribution is 5.81. The number of hydrogen-bond donors (Lipinski definition) is 7. The summed E-state index contributed by atoms with van der Waals surface area (Å²) in [4.78, 5) is 26.6. The fourth-order valence-corrected chi connectivity index (χ4v) is 3.52. The molecule has 0 aromatic heterocycles. The van der Waals surface area contributed by atoms with Crippen molar-refractivity contribution in [3.8, 4) is 0 Å². The minimum absolute atomic E-state index is 0.00726. The Hall–Kier alpha value is -2.11. The number of carbonyl (C=O) groups is 2. The van der Waals surface area contributed by atoms with Gasteiger partial charge in [0, 0.05) is 24.9 Å². The van der Waals surface area contributed by atoms with Crippen LogP contribution in [0.15, 0.2) is 5.11 Å². The van der Waals surface area contributed by atoms with Crippen LogP contribution in [0.3, 0.4) is 0 Å². The maximum atomic E-state index is 12.5. The molecule has 0 aliphatic carbocycles. The lowest BCUT2D eigenvalue weighted by Crippen LogP contribution is -2.66. The zero-order valence-corrected chi connectivity index (χ0v) is 18.5. The first-order valence-corrected chi connectivity index (χ1v) is 10.6. The first-order valence-electron chi connectivity index (χ1n) is 10.6. The summed E-state index contributed by atoms with van der Waals surface area (Å²) in [6.45, 7) is 0.870. The summed E-state index contributed by atoms with van der Waals surface area (Å²) < 4.78 is 21.5. The molecule has 0 spiro atoms. The van der Waals surface area contributed by atoms with E-state index in [0.29, 0.717) is 0 Å². The number of ether oxygens (including phenoxy) is 4. The van der Waals surface area contributed by atoms with Gasteiger partial charge in [0.25, 0.3) is 5.91 Å². The molecule has 0 aromatic rings. The molecule has 0 saturated carbocycles. The van der Waals surface area contributed by atoms with Gasteiger partial charge < -0.3 is 55.1 Å². The highest BCUT2D eigenvalue weighted by atomic mass is 16.7. The van der Waals surface area contributed by atoms with Gasteiger partial charge in [-0.1, -0.05) is 5.11 Å². The van der Waals surface area contributed by atoms with Crippen LogP contribution in [0.4, 0.5) is 0 Å². The van der Waals surface area contributed by atoms with Crippen molar-refractivity contribution in [1.29, 1.82) is 0 Å². The number of nitrogens with zero attached hydrogens (tertiary/aromatic N) is 3. The summed E-state index contributed by atoms with van der Waals surface area (Å²) in [5.74, 6) is -1.29. The highest BCUT2D eigenvalue weighted by Crippen LogP contribution is 2.27. The molecule has 2 heterocycles. The van der Waals surface area contributed by atoms with Crippen LogP contribution < -0.4 is 10.6 Å². The van der Waals surface area contributed by atoms with Crippen molar-refractivity contribution < 1.29 is 54.1 Å². The second-order valence-corrected chi connectivity index (χ2v) is 7.71. The molecule has 1 unspecified atom stereocenters. The number of rotatable bonds is 11. The van der Waals surface area contributed by atoms with E-state index in [1.807, 2.05) is 0 Å². The molecule has 2 saturated heterocycles. The van der Waals surface area contributed by atoms with E-state index >= 15 is 0 Å². The first-order chi connectivity index (χ1) is 16.2. The minimum atomic E-state index is -1.83. The predicted octanol–water partition coefficient (Wildman–Crippen LogP) is -4.12. The van der Waals surface area contributed by atoms with Gasteiger partial charge >= 0.3 is 0 Å². The molecule has 9 atom stereocenters. The van der Waals surface area contributed by atoms with Gasteiger partial charge in [-0.25, -0.2) is 0 Å². The van der Waals surface area contributed by atoms with Gasteiger partial charge in [-0.2, -0.15) is 0 Å². The molecule has 0 bridgehead atoms. The van der Waals surface area contributed by atoms with Crippen LogP contribution in [0.5, 0.6) is 0 Å². The van der Waals surface area contributed by atoms with E-state index < -0.39 is 73.5 Å². The van der Waals surface area contributed by atoms with Crippen molar-refractivity contribution in [3.63, 3.8) is 0 Å². The fraction of sp³-hybridized carbons (Fsp3) is 0.889. The van der Waals surface area contributed by atoms with Crippen molar-refractivity contribution >= 4 is 11.8 Å². The number of carbonyl (C=O) groups excluding carboxylic acids is 2. The fourth-order valence-electron chi connectivity index (χ4n) is 3.52. The SMILES string of the molecule is CC(=O)N[C@@H]1CO[C@@H](CO)[C@@H](O)[C@H]1O[C@H]1OC(C(=O)NCCOCCN=[N+]=[N-])[C@H](O)[C@@H](O)[C@@H]1O. The van der Waals surface area contributed by atoms with E-state index in [0.717, 1.165) is 0 Å². The quantitative estimate of drug-likeness (QED) is 0.0630. The number of azide groups is 1. The number of aliphatic hydroxyl groups excluding tert-OH is 5. The average Bonchev–Trinajstić information content (AvgIpc) is 2.80. The Balaban J connectivity index is 2.02. The Labute approximate surface area is 194 Å². The molecule has 16 heteroatoms. The Morgan fingerprint density at radius 1 is 1.15 bits per heavy atom. The van der Waals surface area contributed by atoms with Crippen molar-refractivity contribution in [2.45, 2.75) is 62.0 Å². The number of hydrogen-bond acceptors (Lipinski definition) is 12. The zero-order valence-electron chi connectivity index (χ0n) is 18.5.